The average molecular weight is 390 g/mol. The van der Waals surface area contributed by atoms with Crippen LogP contribution >= 0.6 is 0 Å². The molecule has 0 spiro atoms. The van der Waals surface area contributed by atoms with E-state index < -0.39 is 0 Å². The Morgan fingerprint density at radius 1 is 0.931 bits per heavy atom. The summed E-state index contributed by atoms with van der Waals surface area (Å²) < 4.78 is 11.6. The molecule has 1 aliphatic carbocycles. The van der Waals surface area contributed by atoms with Gasteiger partial charge in [-0.1, -0.05) is 36.4 Å². The summed E-state index contributed by atoms with van der Waals surface area (Å²) >= 11 is 0. The minimum absolute atomic E-state index is 0.224. The molecule has 1 amide bonds. The van der Waals surface area contributed by atoms with E-state index in [2.05, 4.69) is 41.3 Å². The molecule has 2 aromatic carbocycles. The fourth-order valence-corrected chi connectivity index (χ4v) is 4.51. The van der Waals surface area contributed by atoms with Gasteiger partial charge < -0.3 is 19.3 Å². The van der Waals surface area contributed by atoms with Gasteiger partial charge in [-0.25, -0.2) is 0 Å². The third-order valence-electron chi connectivity index (χ3n) is 6.03. The summed E-state index contributed by atoms with van der Waals surface area (Å²) in [4.78, 5) is 17.3. The number of carbonyl (C=O) groups is 1. The second kappa shape index (κ2) is 7.82. The molecule has 3 aliphatic rings. The van der Waals surface area contributed by atoms with Crippen LogP contribution in [0.25, 0.3) is 5.57 Å². The zero-order chi connectivity index (χ0) is 19.6. The van der Waals surface area contributed by atoms with E-state index in [0.29, 0.717) is 19.6 Å². The van der Waals surface area contributed by atoms with Gasteiger partial charge in [-0.15, -0.1) is 0 Å². The number of para-hydroxylation sites is 1. The van der Waals surface area contributed by atoms with E-state index in [1.165, 1.54) is 16.7 Å². The maximum Gasteiger partial charge on any atom is 0.227 e. The second-order valence-corrected chi connectivity index (χ2v) is 7.77. The van der Waals surface area contributed by atoms with Crippen LogP contribution < -0.4 is 14.4 Å². The molecule has 2 heterocycles. The zero-order valence-corrected chi connectivity index (χ0v) is 16.6. The number of rotatable bonds is 3. The lowest BCUT2D eigenvalue weighted by molar-refractivity contribution is -0.130. The molecule has 0 N–H and O–H groups in total. The number of hydrogen-bond donors (Lipinski definition) is 0. The summed E-state index contributed by atoms with van der Waals surface area (Å²) in [5.41, 5.74) is 4.86. The summed E-state index contributed by atoms with van der Waals surface area (Å²) in [6.45, 7) is 4.26. The van der Waals surface area contributed by atoms with Crippen LogP contribution in [0.4, 0.5) is 5.69 Å². The van der Waals surface area contributed by atoms with Crippen molar-refractivity contribution >= 4 is 17.2 Å². The Hall–Kier alpha value is -2.95. The highest BCUT2D eigenvalue weighted by molar-refractivity contribution is 5.90. The molecule has 29 heavy (non-hydrogen) atoms. The Balaban J connectivity index is 1.24. The predicted octanol–water partition coefficient (Wildman–Crippen LogP) is 3.53. The lowest BCUT2D eigenvalue weighted by Crippen LogP contribution is -2.49. The van der Waals surface area contributed by atoms with Crippen LogP contribution in [0.1, 0.15) is 24.0 Å². The van der Waals surface area contributed by atoms with E-state index in [1.54, 1.807) is 0 Å². The number of amides is 1. The largest absolute Gasteiger partial charge is 0.486 e. The molecule has 0 atom stereocenters. The van der Waals surface area contributed by atoms with Gasteiger partial charge in [-0.3, -0.25) is 4.79 Å². The predicted molar refractivity (Wildman–Crippen MR) is 114 cm³/mol. The van der Waals surface area contributed by atoms with E-state index in [1.807, 2.05) is 17.0 Å². The van der Waals surface area contributed by atoms with Gasteiger partial charge in [-0.05, 0) is 41.7 Å². The van der Waals surface area contributed by atoms with Crippen molar-refractivity contribution in [3.05, 3.63) is 59.7 Å². The van der Waals surface area contributed by atoms with Crippen LogP contribution in [0.5, 0.6) is 11.5 Å². The first-order chi connectivity index (χ1) is 14.3. The molecule has 5 rings (SSSR count). The normalized spacial score (nSPS) is 18.1. The van der Waals surface area contributed by atoms with Crippen molar-refractivity contribution in [3.63, 3.8) is 0 Å². The molecule has 2 aliphatic heterocycles. The summed E-state index contributed by atoms with van der Waals surface area (Å²) in [5.74, 6) is 1.87. The first-order valence-corrected chi connectivity index (χ1v) is 10.5. The zero-order valence-electron chi connectivity index (χ0n) is 16.6. The summed E-state index contributed by atoms with van der Waals surface area (Å²) in [6.07, 6.45) is 4.83. The standard InChI is InChI=1S/C24H26N2O3/c27-23(17-19-7-3-6-18-5-1-2-8-20(18)19)26-13-11-25(12-14-26)21-9-4-10-22-24(21)29-16-15-28-22/h1-2,4-5,7-10H,3,6,11-17H2. The minimum Gasteiger partial charge on any atom is -0.486 e. The van der Waals surface area contributed by atoms with Gasteiger partial charge in [0.1, 0.15) is 13.2 Å². The Labute approximate surface area is 171 Å². The van der Waals surface area contributed by atoms with Crippen LogP contribution in [0, 0.1) is 0 Å². The molecule has 0 unspecified atom stereocenters. The van der Waals surface area contributed by atoms with Crippen LogP contribution in [0.3, 0.4) is 0 Å². The van der Waals surface area contributed by atoms with Crippen molar-refractivity contribution in [3.8, 4) is 11.5 Å². The molecule has 150 valence electrons. The molecule has 5 nitrogen and oxygen atoms in total. The number of carbonyl (C=O) groups excluding carboxylic acids is 1. The van der Waals surface area contributed by atoms with Crippen molar-refractivity contribution in [1.82, 2.24) is 4.90 Å². The molecule has 1 saturated heterocycles. The molecule has 5 heteroatoms. The SMILES string of the molecule is O=C(CC1=CCCc2ccccc21)N1CCN(c2cccc3c2OCCO3)CC1. The van der Waals surface area contributed by atoms with E-state index in [-0.39, 0.29) is 5.91 Å². The van der Waals surface area contributed by atoms with Crippen molar-refractivity contribution in [1.29, 1.82) is 0 Å². The third kappa shape index (κ3) is 3.57. The number of ether oxygens (including phenoxy) is 2. The van der Waals surface area contributed by atoms with E-state index in [0.717, 1.165) is 56.2 Å². The molecular formula is C24H26N2O3. The Kier molecular flexibility index (Phi) is 4.88. The van der Waals surface area contributed by atoms with Gasteiger partial charge in [0.25, 0.3) is 0 Å². The van der Waals surface area contributed by atoms with Gasteiger partial charge in [0.15, 0.2) is 11.5 Å². The lowest BCUT2D eigenvalue weighted by atomic mass is 9.89. The molecule has 0 radical (unpaired) electrons. The van der Waals surface area contributed by atoms with Crippen LogP contribution in [0.2, 0.25) is 0 Å². The van der Waals surface area contributed by atoms with E-state index in [9.17, 15) is 4.79 Å². The minimum atomic E-state index is 0.224. The number of nitrogens with zero attached hydrogens (tertiary/aromatic N) is 2. The number of allylic oxidation sites excluding steroid dienone is 1. The maximum absolute atomic E-state index is 13.0. The number of benzene rings is 2. The van der Waals surface area contributed by atoms with Crippen LogP contribution in [-0.2, 0) is 11.2 Å². The number of aryl methyl sites for hydroxylation is 1. The average Bonchev–Trinajstić information content (AvgIpc) is 2.79. The maximum atomic E-state index is 13.0. The summed E-state index contributed by atoms with van der Waals surface area (Å²) in [6, 6.07) is 14.5. The molecule has 0 aromatic heterocycles. The molecule has 0 bridgehead atoms. The highest BCUT2D eigenvalue weighted by Gasteiger charge is 2.26. The van der Waals surface area contributed by atoms with Crippen molar-refractivity contribution in [2.75, 3.05) is 44.3 Å². The number of fused-ring (bicyclic) bond motifs is 2. The highest BCUT2D eigenvalue weighted by atomic mass is 16.6. The van der Waals surface area contributed by atoms with Crippen LogP contribution in [-0.4, -0.2) is 50.2 Å². The Morgan fingerprint density at radius 2 is 1.76 bits per heavy atom. The first-order valence-electron chi connectivity index (χ1n) is 10.5. The molecule has 0 saturated carbocycles. The third-order valence-corrected chi connectivity index (χ3v) is 6.03. The van der Waals surface area contributed by atoms with Gasteiger partial charge in [0, 0.05) is 26.2 Å². The highest BCUT2D eigenvalue weighted by Crippen LogP contribution is 2.39. The number of piperazine rings is 1. The van der Waals surface area contributed by atoms with Gasteiger partial charge >= 0.3 is 0 Å². The Morgan fingerprint density at radius 3 is 2.66 bits per heavy atom. The van der Waals surface area contributed by atoms with Crippen molar-refractivity contribution < 1.29 is 14.3 Å². The van der Waals surface area contributed by atoms with Gasteiger partial charge in [-0.2, -0.15) is 0 Å². The van der Waals surface area contributed by atoms with Gasteiger partial charge in [0.2, 0.25) is 5.91 Å². The smallest absolute Gasteiger partial charge is 0.227 e. The topological polar surface area (TPSA) is 42.0 Å². The number of hydrogen-bond acceptors (Lipinski definition) is 4. The summed E-state index contributed by atoms with van der Waals surface area (Å²) in [7, 11) is 0. The number of anilines is 1. The molecular weight excluding hydrogens is 364 g/mol. The fraction of sp³-hybridized carbons (Fsp3) is 0.375. The monoisotopic (exact) mass is 390 g/mol. The van der Waals surface area contributed by atoms with E-state index >= 15 is 0 Å². The molecule has 2 aromatic rings. The van der Waals surface area contributed by atoms with Crippen molar-refractivity contribution in [2.45, 2.75) is 19.3 Å². The Bertz CT molecular complexity index is 945. The molecule has 1 fully saturated rings. The van der Waals surface area contributed by atoms with Crippen LogP contribution in [0.15, 0.2) is 48.5 Å². The van der Waals surface area contributed by atoms with Gasteiger partial charge in [0.05, 0.1) is 12.1 Å². The lowest BCUT2D eigenvalue weighted by Gasteiger charge is -2.37. The van der Waals surface area contributed by atoms with E-state index in [4.69, 9.17) is 9.47 Å². The fourth-order valence-electron chi connectivity index (χ4n) is 4.51. The quantitative estimate of drug-likeness (QED) is 0.804. The first kappa shape index (κ1) is 18.1. The van der Waals surface area contributed by atoms with Crippen molar-refractivity contribution in [2.24, 2.45) is 0 Å². The second-order valence-electron chi connectivity index (χ2n) is 7.77. The summed E-state index contributed by atoms with van der Waals surface area (Å²) in [5, 5.41) is 0.